The fourth-order valence-electron chi connectivity index (χ4n) is 2.16. The summed E-state index contributed by atoms with van der Waals surface area (Å²) in [5.74, 6) is 0.0509. The Morgan fingerprint density at radius 2 is 1.76 bits per heavy atom. The van der Waals surface area contributed by atoms with Crippen LogP contribution in [0.5, 0.6) is 0 Å². The molecule has 2 aromatic rings. The summed E-state index contributed by atoms with van der Waals surface area (Å²) in [6.07, 6.45) is 1.26. The smallest absolute Gasteiger partial charge is 0.224 e. The summed E-state index contributed by atoms with van der Waals surface area (Å²) in [7, 11) is 0. The quantitative estimate of drug-likeness (QED) is 0.834. The zero-order valence-corrected chi connectivity index (χ0v) is 14.3. The summed E-state index contributed by atoms with van der Waals surface area (Å²) in [5, 5.41) is 2.95. The minimum absolute atomic E-state index is 0.0509. The first-order chi connectivity index (χ1) is 9.95. The number of anilines is 1. The number of hydrogen-bond donors (Lipinski definition) is 1. The van der Waals surface area contributed by atoms with Gasteiger partial charge >= 0.3 is 0 Å². The summed E-state index contributed by atoms with van der Waals surface area (Å²) in [5.41, 5.74) is 5.73. The van der Waals surface area contributed by atoms with Crippen molar-refractivity contribution in [3.8, 4) is 0 Å². The second-order valence-corrected chi connectivity index (χ2v) is 6.29. The summed E-state index contributed by atoms with van der Waals surface area (Å²) in [6, 6.07) is 12.2. The fourth-order valence-corrected chi connectivity index (χ4v) is 2.41. The Labute approximate surface area is 134 Å². The minimum Gasteiger partial charge on any atom is -0.326 e. The Morgan fingerprint density at radius 1 is 1.00 bits per heavy atom. The molecule has 0 bridgehead atoms. The van der Waals surface area contributed by atoms with Crippen LogP contribution in [-0.2, 0) is 11.2 Å². The molecule has 1 amide bonds. The van der Waals surface area contributed by atoms with E-state index >= 15 is 0 Å². The Balaban J connectivity index is 1.92. The van der Waals surface area contributed by atoms with E-state index in [1.807, 2.05) is 25.1 Å². The Bertz CT molecular complexity index is 664. The first kappa shape index (κ1) is 15.8. The normalized spacial score (nSPS) is 10.5. The number of aryl methyl sites for hydroxylation is 4. The van der Waals surface area contributed by atoms with E-state index in [0.29, 0.717) is 6.42 Å². The van der Waals surface area contributed by atoms with E-state index in [2.05, 4.69) is 53.3 Å². The summed E-state index contributed by atoms with van der Waals surface area (Å²) in [4.78, 5) is 12.0. The molecule has 3 heteroatoms. The van der Waals surface area contributed by atoms with Crippen molar-refractivity contribution in [3.05, 3.63) is 63.1 Å². The molecular weight excluding hydrogens is 326 g/mol. The van der Waals surface area contributed by atoms with Gasteiger partial charge in [0.05, 0.1) is 0 Å². The predicted molar refractivity (Wildman–Crippen MR) is 91.7 cm³/mol. The van der Waals surface area contributed by atoms with E-state index in [9.17, 15) is 4.79 Å². The monoisotopic (exact) mass is 345 g/mol. The minimum atomic E-state index is 0.0509. The van der Waals surface area contributed by atoms with Gasteiger partial charge in [-0.05, 0) is 67.6 Å². The predicted octanol–water partition coefficient (Wildman–Crippen LogP) is 4.95. The van der Waals surface area contributed by atoms with Gasteiger partial charge in [-0.25, -0.2) is 0 Å². The van der Waals surface area contributed by atoms with Crippen LogP contribution in [0, 0.1) is 20.8 Å². The third kappa shape index (κ3) is 4.43. The highest BCUT2D eigenvalue weighted by Gasteiger charge is 2.05. The van der Waals surface area contributed by atoms with Gasteiger partial charge in [-0.1, -0.05) is 34.1 Å². The molecule has 0 aliphatic carbocycles. The zero-order valence-electron chi connectivity index (χ0n) is 12.7. The number of carbonyl (C=O) groups excluding carboxylic acids is 1. The van der Waals surface area contributed by atoms with Crippen LogP contribution >= 0.6 is 15.9 Å². The zero-order chi connectivity index (χ0) is 15.4. The molecule has 21 heavy (non-hydrogen) atoms. The highest BCUT2D eigenvalue weighted by atomic mass is 79.9. The van der Waals surface area contributed by atoms with Crippen molar-refractivity contribution in [1.82, 2.24) is 0 Å². The lowest BCUT2D eigenvalue weighted by Gasteiger charge is -2.08. The number of benzene rings is 2. The molecule has 0 radical (unpaired) electrons. The van der Waals surface area contributed by atoms with Crippen molar-refractivity contribution in [2.45, 2.75) is 33.6 Å². The molecule has 0 aliphatic heterocycles. The van der Waals surface area contributed by atoms with Crippen molar-refractivity contribution >= 4 is 27.5 Å². The maximum Gasteiger partial charge on any atom is 0.224 e. The molecule has 2 aromatic carbocycles. The molecule has 0 saturated carbocycles. The number of hydrogen-bond acceptors (Lipinski definition) is 1. The van der Waals surface area contributed by atoms with E-state index in [1.165, 1.54) is 16.7 Å². The van der Waals surface area contributed by atoms with Crippen molar-refractivity contribution < 1.29 is 4.79 Å². The number of amides is 1. The van der Waals surface area contributed by atoms with E-state index in [4.69, 9.17) is 0 Å². The van der Waals surface area contributed by atoms with Gasteiger partial charge < -0.3 is 5.32 Å². The highest BCUT2D eigenvalue weighted by Crippen LogP contribution is 2.20. The standard InChI is InChI=1S/C18H20BrNO/c1-12-4-5-15(10-13(12)2)6-9-18(21)20-16-7-8-17(19)14(3)11-16/h4-5,7-8,10-11H,6,9H2,1-3H3,(H,20,21). The molecule has 0 fully saturated rings. The summed E-state index contributed by atoms with van der Waals surface area (Å²) >= 11 is 3.46. The molecule has 1 N–H and O–H groups in total. The molecular formula is C18H20BrNO. The van der Waals surface area contributed by atoms with Crippen LogP contribution in [0.4, 0.5) is 5.69 Å². The maximum absolute atomic E-state index is 12.0. The molecule has 0 unspecified atom stereocenters. The molecule has 0 heterocycles. The molecule has 0 spiro atoms. The SMILES string of the molecule is Cc1ccc(CCC(=O)Nc2ccc(Br)c(C)c2)cc1C. The summed E-state index contributed by atoms with van der Waals surface area (Å²) < 4.78 is 1.05. The van der Waals surface area contributed by atoms with Crippen LogP contribution in [0.2, 0.25) is 0 Å². The number of carbonyl (C=O) groups is 1. The van der Waals surface area contributed by atoms with Crippen LogP contribution in [0.25, 0.3) is 0 Å². The van der Waals surface area contributed by atoms with Gasteiger partial charge in [0.15, 0.2) is 0 Å². The van der Waals surface area contributed by atoms with E-state index in [0.717, 1.165) is 22.1 Å². The fraction of sp³-hybridized carbons (Fsp3) is 0.278. The number of rotatable bonds is 4. The molecule has 0 saturated heterocycles. The lowest BCUT2D eigenvalue weighted by molar-refractivity contribution is -0.116. The van der Waals surface area contributed by atoms with E-state index < -0.39 is 0 Å². The van der Waals surface area contributed by atoms with Gasteiger partial charge in [0.1, 0.15) is 0 Å². The molecule has 2 nitrogen and oxygen atoms in total. The average Bonchev–Trinajstić information content (AvgIpc) is 2.44. The molecule has 110 valence electrons. The second-order valence-electron chi connectivity index (χ2n) is 5.43. The van der Waals surface area contributed by atoms with Crippen molar-refractivity contribution in [1.29, 1.82) is 0 Å². The van der Waals surface area contributed by atoms with E-state index in [1.54, 1.807) is 0 Å². The Kier molecular flexibility index (Phi) is 5.18. The third-order valence-electron chi connectivity index (χ3n) is 3.65. The Hall–Kier alpha value is -1.61. The first-order valence-electron chi connectivity index (χ1n) is 7.08. The molecule has 0 atom stereocenters. The highest BCUT2D eigenvalue weighted by molar-refractivity contribution is 9.10. The molecule has 2 rings (SSSR count). The maximum atomic E-state index is 12.0. The van der Waals surface area contributed by atoms with Crippen LogP contribution in [0.1, 0.15) is 28.7 Å². The Morgan fingerprint density at radius 3 is 2.43 bits per heavy atom. The van der Waals surface area contributed by atoms with Crippen molar-refractivity contribution in [2.75, 3.05) is 5.32 Å². The van der Waals surface area contributed by atoms with Crippen molar-refractivity contribution in [2.24, 2.45) is 0 Å². The van der Waals surface area contributed by atoms with Crippen LogP contribution in [0.3, 0.4) is 0 Å². The van der Waals surface area contributed by atoms with Crippen LogP contribution in [0.15, 0.2) is 40.9 Å². The van der Waals surface area contributed by atoms with Crippen LogP contribution < -0.4 is 5.32 Å². The number of halogens is 1. The lowest BCUT2D eigenvalue weighted by atomic mass is 10.0. The van der Waals surface area contributed by atoms with Gasteiger partial charge in [0, 0.05) is 16.6 Å². The largest absolute Gasteiger partial charge is 0.326 e. The number of nitrogens with one attached hydrogen (secondary N) is 1. The first-order valence-corrected chi connectivity index (χ1v) is 7.87. The van der Waals surface area contributed by atoms with E-state index in [-0.39, 0.29) is 5.91 Å². The van der Waals surface area contributed by atoms with Crippen LogP contribution in [-0.4, -0.2) is 5.91 Å². The summed E-state index contributed by atoms with van der Waals surface area (Å²) in [6.45, 7) is 6.21. The van der Waals surface area contributed by atoms with Gasteiger partial charge in [0.25, 0.3) is 0 Å². The van der Waals surface area contributed by atoms with Crippen molar-refractivity contribution in [3.63, 3.8) is 0 Å². The molecule has 0 aliphatic rings. The average molecular weight is 346 g/mol. The molecule has 0 aromatic heterocycles. The lowest BCUT2D eigenvalue weighted by Crippen LogP contribution is -2.12. The second kappa shape index (κ2) is 6.90. The third-order valence-corrected chi connectivity index (χ3v) is 4.54. The van der Waals surface area contributed by atoms with Gasteiger partial charge in [0.2, 0.25) is 5.91 Å². The van der Waals surface area contributed by atoms with Gasteiger partial charge in [-0.2, -0.15) is 0 Å². The topological polar surface area (TPSA) is 29.1 Å². The van der Waals surface area contributed by atoms with Gasteiger partial charge in [-0.3, -0.25) is 4.79 Å². The van der Waals surface area contributed by atoms with Gasteiger partial charge in [-0.15, -0.1) is 0 Å².